The minimum atomic E-state index is 0.0382. The fraction of sp³-hybridized carbons (Fsp3) is 0.900. The molecule has 2 nitrogen and oxygen atoms in total. The van der Waals surface area contributed by atoms with E-state index in [-0.39, 0.29) is 6.04 Å². The molecule has 2 heteroatoms. The van der Waals surface area contributed by atoms with Crippen LogP contribution in [0.4, 0.5) is 0 Å². The van der Waals surface area contributed by atoms with Gasteiger partial charge in [-0.05, 0) is 11.8 Å². The van der Waals surface area contributed by atoms with Crippen LogP contribution >= 0.6 is 0 Å². The molecule has 1 unspecified atom stereocenters. The maximum atomic E-state index is 11.3. The summed E-state index contributed by atoms with van der Waals surface area (Å²) in [6.07, 6.45) is 1.20. The van der Waals surface area contributed by atoms with Gasteiger partial charge in [-0.3, -0.25) is 4.79 Å². The second-order valence-corrected chi connectivity index (χ2v) is 4.25. The molecule has 0 aromatic heterocycles. The van der Waals surface area contributed by atoms with E-state index in [1.54, 1.807) is 0 Å². The van der Waals surface area contributed by atoms with E-state index in [0.29, 0.717) is 30.5 Å². The Bertz CT molecular complexity index is 141. The van der Waals surface area contributed by atoms with Crippen molar-refractivity contribution in [2.75, 3.05) is 0 Å². The predicted molar refractivity (Wildman–Crippen MR) is 51.9 cm³/mol. The molecule has 0 heterocycles. The fourth-order valence-corrected chi connectivity index (χ4v) is 1.04. The molecule has 0 aliphatic carbocycles. The average molecular weight is 171 g/mol. The average Bonchev–Trinajstić information content (AvgIpc) is 1.84. The van der Waals surface area contributed by atoms with Crippen molar-refractivity contribution < 1.29 is 4.79 Å². The Balaban J connectivity index is 3.69. The summed E-state index contributed by atoms with van der Waals surface area (Å²) in [4.78, 5) is 11.3. The van der Waals surface area contributed by atoms with Gasteiger partial charge in [0, 0.05) is 18.9 Å². The van der Waals surface area contributed by atoms with Crippen LogP contribution in [0.5, 0.6) is 0 Å². The molecule has 1 atom stereocenters. The highest BCUT2D eigenvalue weighted by molar-refractivity contribution is 5.79. The van der Waals surface area contributed by atoms with Crippen LogP contribution in [0.15, 0.2) is 0 Å². The molecule has 0 bridgehead atoms. The zero-order chi connectivity index (χ0) is 9.72. The van der Waals surface area contributed by atoms with Gasteiger partial charge in [0.1, 0.15) is 5.78 Å². The molecule has 0 aliphatic heterocycles. The quantitative estimate of drug-likeness (QED) is 0.687. The Labute approximate surface area is 75.5 Å². The number of hydrogen-bond donors (Lipinski definition) is 1. The van der Waals surface area contributed by atoms with E-state index >= 15 is 0 Å². The monoisotopic (exact) mass is 171 g/mol. The van der Waals surface area contributed by atoms with E-state index in [1.165, 1.54) is 0 Å². The normalized spacial score (nSPS) is 13.9. The number of carbonyl (C=O) groups is 1. The number of hydrogen-bond acceptors (Lipinski definition) is 2. The van der Waals surface area contributed by atoms with Crippen LogP contribution in [0, 0.1) is 11.8 Å². The van der Waals surface area contributed by atoms with Crippen LogP contribution in [-0.4, -0.2) is 11.8 Å². The minimum Gasteiger partial charge on any atom is -0.327 e. The number of rotatable bonds is 5. The Morgan fingerprint density at radius 2 is 1.67 bits per heavy atom. The third-order valence-corrected chi connectivity index (χ3v) is 1.96. The summed E-state index contributed by atoms with van der Waals surface area (Å²) >= 11 is 0. The molecule has 0 aromatic carbocycles. The van der Waals surface area contributed by atoms with Crippen LogP contribution in [-0.2, 0) is 4.79 Å². The van der Waals surface area contributed by atoms with Gasteiger partial charge in [-0.1, -0.05) is 27.7 Å². The van der Waals surface area contributed by atoms with Gasteiger partial charge < -0.3 is 5.73 Å². The molecule has 0 rings (SSSR count). The standard InChI is InChI=1S/C10H21NO/c1-7(2)5-9(12)6-10(11)8(3)4/h7-8,10H,5-6,11H2,1-4H3. The lowest BCUT2D eigenvalue weighted by molar-refractivity contribution is -0.120. The Kier molecular flexibility index (Phi) is 5.14. The summed E-state index contributed by atoms with van der Waals surface area (Å²) in [6, 6.07) is 0.0382. The van der Waals surface area contributed by atoms with Gasteiger partial charge >= 0.3 is 0 Å². The first-order valence-electron chi connectivity index (χ1n) is 4.70. The van der Waals surface area contributed by atoms with Crippen LogP contribution in [0.25, 0.3) is 0 Å². The molecule has 0 aliphatic rings. The van der Waals surface area contributed by atoms with E-state index in [9.17, 15) is 4.79 Å². The summed E-state index contributed by atoms with van der Waals surface area (Å²) in [7, 11) is 0. The van der Waals surface area contributed by atoms with Gasteiger partial charge in [-0.15, -0.1) is 0 Å². The van der Waals surface area contributed by atoms with E-state index in [1.807, 2.05) is 13.8 Å². The number of Topliss-reactive ketones (excluding diaryl/α,β-unsaturated/α-hetero) is 1. The molecule has 0 spiro atoms. The highest BCUT2D eigenvalue weighted by Gasteiger charge is 2.13. The molecule has 12 heavy (non-hydrogen) atoms. The highest BCUT2D eigenvalue weighted by atomic mass is 16.1. The summed E-state index contributed by atoms with van der Waals surface area (Å²) in [5.74, 6) is 1.16. The van der Waals surface area contributed by atoms with Crippen molar-refractivity contribution in [1.29, 1.82) is 0 Å². The van der Waals surface area contributed by atoms with Crippen molar-refractivity contribution in [3.8, 4) is 0 Å². The lowest BCUT2D eigenvalue weighted by Crippen LogP contribution is -2.29. The fourth-order valence-electron chi connectivity index (χ4n) is 1.04. The summed E-state index contributed by atoms with van der Waals surface area (Å²) in [5.41, 5.74) is 5.77. The molecule has 2 N–H and O–H groups in total. The van der Waals surface area contributed by atoms with Crippen molar-refractivity contribution in [2.24, 2.45) is 17.6 Å². The van der Waals surface area contributed by atoms with Gasteiger partial charge in [-0.2, -0.15) is 0 Å². The minimum absolute atomic E-state index is 0.0382. The lowest BCUT2D eigenvalue weighted by Gasteiger charge is -2.14. The van der Waals surface area contributed by atoms with Gasteiger partial charge in [0.25, 0.3) is 0 Å². The molecule has 0 aromatic rings. The maximum Gasteiger partial charge on any atom is 0.134 e. The van der Waals surface area contributed by atoms with Gasteiger partial charge in [0.15, 0.2) is 0 Å². The first kappa shape index (κ1) is 11.6. The van der Waals surface area contributed by atoms with Crippen molar-refractivity contribution >= 4 is 5.78 Å². The third-order valence-electron chi connectivity index (χ3n) is 1.96. The second-order valence-electron chi connectivity index (χ2n) is 4.25. The lowest BCUT2D eigenvalue weighted by atomic mass is 9.96. The first-order valence-corrected chi connectivity index (χ1v) is 4.70. The van der Waals surface area contributed by atoms with Crippen LogP contribution in [0.1, 0.15) is 40.5 Å². The van der Waals surface area contributed by atoms with Gasteiger partial charge in [0.2, 0.25) is 0 Å². The van der Waals surface area contributed by atoms with E-state index in [0.717, 1.165) is 0 Å². The van der Waals surface area contributed by atoms with Crippen molar-refractivity contribution in [3.05, 3.63) is 0 Å². The zero-order valence-corrected chi connectivity index (χ0v) is 8.63. The Hall–Kier alpha value is -0.370. The smallest absolute Gasteiger partial charge is 0.134 e. The predicted octanol–water partition coefficient (Wildman–Crippen LogP) is 1.98. The van der Waals surface area contributed by atoms with Crippen LogP contribution in [0.3, 0.4) is 0 Å². The zero-order valence-electron chi connectivity index (χ0n) is 8.63. The topological polar surface area (TPSA) is 43.1 Å². The SMILES string of the molecule is CC(C)CC(=O)CC(N)C(C)C. The molecule has 0 fully saturated rings. The molecule has 0 saturated carbocycles. The van der Waals surface area contributed by atoms with E-state index in [2.05, 4.69) is 13.8 Å². The third kappa shape index (κ3) is 5.30. The summed E-state index contributed by atoms with van der Waals surface area (Å²) in [6.45, 7) is 8.21. The summed E-state index contributed by atoms with van der Waals surface area (Å²) in [5, 5.41) is 0. The first-order chi connectivity index (χ1) is 5.43. The van der Waals surface area contributed by atoms with Crippen molar-refractivity contribution in [1.82, 2.24) is 0 Å². The second kappa shape index (κ2) is 5.31. The molecular weight excluding hydrogens is 150 g/mol. The maximum absolute atomic E-state index is 11.3. The number of ketones is 1. The number of carbonyl (C=O) groups excluding carboxylic acids is 1. The summed E-state index contributed by atoms with van der Waals surface area (Å²) < 4.78 is 0. The number of nitrogens with two attached hydrogens (primary N) is 1. The molecule has 0 saturated heterocycles. The van der Waals surface area contributed by atoms with E-state index in [4.69, 9.17) is 5.73 Å². The molecule has 0 amide bonds. The van der Waals surface area contributed by atoms with Crippen LogP contribution < -0.4 is 5.73 Å². The largest absolute Gasteiger partial charge is 0.327 e. The molecule has 72 valence electrons. The molecular formula is C10H21NO. The highest BCUT2D eigenvalue weighted by Crippen LogP contribution is 2.08. The van der Waals surface area contributed by atoms with Gasteiger partial charge in [-0.25, -0.2) is 0 Å². The Morgan fingerprint density at radius 3 is 2.00 bits per heavy atom. The molecule has 0 radical (unpaired) electrons. The van der Waals surface area contributed by atoms with Crippen LogP contribution in [0.2, 0.25) is 0 Å². The van der Waals surface area contributed by atoms with E-state index < -0.39 is 0 Å². The van der Waals surface area contributed by atoms with Gasteiger partial charge in [0.05, 0.1) is 0 Å². The Morgan fingerprint density at radius 1 is 1.17 bits per heavy atom. The van der Waals surface area contributed by atoms with Crippen molar-refractivity contribution in [3.63, 3.8) is 0 Å². The van der Waals surface area contributed by atoms with Crippen molar-refractivity contribution in [2.45, 2.75) is 46.6 Å².